The van der Waals surface area contributed by atoms with E-state index in [0.717, 1.165) is 61.9 Å². The minimum atomic E-state index is 0.138. The summed E-state index contributed by atoms with van der Waals surface area (Å²) in [6.45, 7) is 9.85. The van der Waals surface area contributed by atoms with E-state index in [1.54, 1.807) is 0 Å². The Hall–Kier alpha value is -2.15. The molecule has 0 unspecified atom stereocenters. The Balaban J connectivity index is 1.41. The van der Waals surface area contributed by atoms with Gasteiger partial charge in [0.25, 0.3) is 5.91 Å². The summed E-state index contributed by atoms with van der Waals surface area (Å²) in [7, 11) is 0. The first-order valence-electron chi connectivity index (χ1n) is 10.2. The number of piperidine rings is 1. The number of carbonyl (C=O) groups is 1. The number of rotatable bonds is 5. The topological polar surface area (TPSA) is 70.1 Å². The molecule has 27 heavy (non-hydrogen) atoms. The van der Waals surface area contributed by atoms with Crippen LogP contribution in [0.25, 0.3) is 0 Å². The lowest BCUT2D eigenvalue weighted by Crippen LogP contribution is -2.38. The third-order valence-electron chi connectivity index (χ3n) is 6.07. The lowest BCUT2D eigenvalue weighted by atomic mass is 9.95. The smallest absolute Gasteiger partial charge is 0.255 e. The van der Waals surface area contributed by atoms with Crippen LogP contribution >= 0.6 is 0 Å². The van der Waals surface area contributed by atoms with Gasteiger partial charge in [0.2, 0.25) is 0 Å². The molecule has 2 aliphatic heterocycles. The van der Waals surface area contributed by atoms with Gasteiger partial charge < -0.3 is 14.5 Å². The molecule has 1 amide bonds. The largest absolute Gasteiger partial charge is 0.365 e. The van der Waals surface area contributed by atoms with Crippen molar-refractivity contribution in [2.75, 3.05) is 26.2 Å². The van der Waals surface area contributed by atoms with Crippen LogP contribution in [0.4, 0.5) is 0 Å². The van der Waals surface area contributed by atoms with E-state index in [-0.39, 0.29) is 5.91 Å². The highest BCUT2D eigenvalue weighted by Crippen LogP contribution is 2.28. The fourth-order valence-electron chi connectivity index (χ4n) is 4.45. The van der Waals surface area contributed by atoms with Gasteiger partial charge in [-0.2, -0.15) is 0 Å². The molecule has 0 aliphatic carbocycles. The molecule has 0 atom stereocenters. The van der Waals surface area contributed by atoms with E-state index in [2.05, 4.69) is 31.6 Å². The van der Waals surface area contributed by atoms with Crippen LogP contribution in [-0.2, 0) is 13.1 Å². The molecule has 2 fully saturated rings. The Morgan fingerprint density at radius 3 is 2.56 bits per heavy atom. The van der Waals surface area contributed by atoms with E-state index in [1.807, 2.05) is 24.1 Å². The summed E-state index contributed by atoms with van der Waals surface area (Å²) in [6.07, 6.45) is 6.33. The molecule has 0 spiro atoms. The summed E-state index contributed by atoms with van der Waals surface area (Å²) in [5.41, 5.74) is 1.73. The second-order valence-corrected chi connectivity index (χ2v) is 7.78. The van der Waals surface area contributed by atoms with E-state index in [0.29, 0.717) is 5.92 Å². The zero-order chi connectivity index (χ0) is 18.8. The third kappa shape index (κ3) is 3.65. The average Bonchev–Trinajstić information content (AvgIpc) is 3.43. The second kappa shape index (κ2) is 7.84. The molecule has 2 aromatic rings. The van der Waals surface area contributed by atoms with Crippen LogP contribution in [0.3, 0.4) is 0 Å². The average molecular weight is 371 g/mol. The van der Waals surface area contributed by atoms with Crippen LogP contribution in [0.1, 0.15) is 66.2 Å². The van der Waals surface area contributed by atoms with Crippen LogP contribution in [0.15, 0.2) is 12.3 Å². The Kier molecular flexibility index (Phi) is 5.29. The van der Waals surface area contributed by atoms with Gasteiger partial charge in [0, 0.05) is 37.4 Å². The van der Waals surface area contributed by atoms with Gasteiger partial charge in [-0.05, 0) is 58.7 Å². The maximum atomic E-state index is 12.7. The molecule has 7 heteroatoms. The van der Waals surface area contributed by atoms with Crippen molar-refractivity contribution < 1.29 is 4.79 Å². The monoisotopic (exact) mass is 370 g/mol. The molecule has 0 saturated carbocycles. The normalized spacial score (nSPS) is 19.1. The summed E-state index contributed by atoms with van der Waals surface area (Å²) in [4.78, 5) is 20.3. The van der Waals surface area contributed by atoms with Crippen LogP contribution in [0.5, 0.6) is 0 Å². The van der Waals surface area contributed by atoms with E-state index in [1.165, 1.54) is 25.9 Å². The molecule has 2 saturated heterocycles. The van der Waals surface area contributed by atoms with Crippen molar-refractivity contribution in [2.24, 2.45) is 0 Å². The van der Waals surface area contributed by atoms with Gasteiger partial charge in [0.05, 0.1) is 12.1 Å². The van der Waals surface area contributed by atoms with Crippen LogP contribution in [0, 0.1) is 6.92 Å². The number of hydrogen-bond acceptors (Lipinski definition) is 4. The highest BCUT2D eigenvalue weighted by molar-refractivity contribution is 5.95. The van der Waals surface area contributed by atoms with Gasteiger partial charge >= 0.3 is 0 Å². The summed E-state index contributed by atoms with van der Waals surface area (Å²) in [5.74, 6) is 2.73. The first-order valence-corrected chi connectivity index (χ1v) is 10.2. The summed E-state index contributed by atoms with van der Waals surface area (Å²) >= 11 is 0. The van der Waals surface area contributed by atoms with E-state index >= 15 is 0 Å². The van der Waals surface area contributed by atoms with Gasteiger partial charge in [-0.3, -0.25) is 9.69 Å². The molecule has 146 valence electrons. The number of nitrogens with one attached hydrogen (secondary N) is 1. The SMILES string of the molecule is CCn1c(CN2CCCC2)nnc1C1CCN(C(=O)c2cc[nH]c2C)CC1. The van der Waals surface area contributed by atoms with Crippen molar-refractivity contribution in [1.82, 2.24) is 29.5 Å². The maximum Gasteiger partial charge on any atom is 0.255 e. The molecular weight excluding hydrogens is 340 g/mol. The molecule has 4 rings (SSSR count). The Bertz CT molecular complexity index is 780. The molecule has 0 aromatic carbocycles. The number of amides is 1. The summed E-state index contributed by atoms with van der Waals surface area (Å²) in [6, 6.07) is 1.88. The van der Waals surface area contributed by atoms with Crippen molar-refractivity contribution in [3.8, 4) is 0 Å². The molecule has 1 N–H and O–H groups in total. The predicted octanol–water partition coefficient (Wildman–Crippen LogP) is 2.55. The molecular formula is C20H30N6O. The molecule has 2 aromatic heterocycles. The Labute approximate surface area is 160 Å². The maximum absolute atomic E-state index is 12.7. The van der Waals surface area contributed by atoms with Crippen LogP contribution in [-0.4, -0.2) is 61.6 Å². The second-order valence-electron chi connectivity index (χ2n) is 7.78. The number of aromatic amines is 1. The van der Waals surface area contributed by atoms with E-state index in [4.69, 9.17) is 0 Å². The quantitative estimate of drug-likeness (QED) is 0.878. The van der Waals surface area contributed by atoms with Crippen molar-refractivity contribution in [2.45, 2.75) is 58.5 Å². The number of likely N-dealkylation sites (tertiary alicyclic amines) is 2. The first kappa shape index (κ1) is 18.2. The molecule has 0 radical (unpaired) electrons. The fourth-order valence-corrected chi connectivity index (χ4v) is 4.45. The number of hydrogen-bond donors (Lipinski definition) is 1. The van der Waals surface area contributed by atoms with Gasteiger partial charge in [-0.25, -0.2) is 0 Å². The zero-order valence-electron chi connectivity index (χ0n) is 16.4. The van der Waals surface area contributed by atoms with Crippen molar-refractivity contribution in [3.05, 3.63) is 35.2 Å². The Morgan fingerprint density at radius 2 is 1.93 bits per heavy atom. The van der Waals surface area contributed by atoms with E-state index in [9.17, 15) is 4.79 Å². The molecule has 0 bridgehead atoms. The van der Waals surface area contributed by atoms with Gasteiger partial charge in [-0.1, -0.05) is 0 Å². The number of aromatic nitrogens is 4. The zero-order valence-corrected chi connectivity index (χ0v) is 16.4. The van der Waals surface area contributed by atoms with Crippen LogP contribution in [0.2, 0.25) is 0 Å². The third-order valence-corrected chi connectivity index (χ3v) is 6.07. The molecule has 7 nitrogen and oxygen atoms in total. The predicted molar refractivity (Wildman–Crippen MR) is 104 cm³/mol. The minimum absolute atomic E-state index is 0.138. The van der Waals surface area contributed by atoms with Crippen molar-refractivity contribution in [1.29, 1.82) is 0 Å². The van der Waals surface area contributed by atoms with Crippen molar-refractivity contribution in [3.63, 3.8) is 0 Å². The molecule has 4 heterocycles. The summed E-state index contributed by atoms with van der Waals surface area (Å²) in [5, 5.41) is 9.08. The van der Waals surface area contributed by atoms with Gasteiger partial charge in [-0.15, -0.1) is 10.2 Å². The standard InChI is InChI=1S/C20H30N6O/c1-3-26-18(14-24-10-4-5-11-24)22-23-19(26)16-7-12-25(13-8-16)20(27)17-6-9-21-15(17)2/h6,9,16,21H,3-5,7-8,10-14H2,1-2H3. The van der Waals surface area contributed by atoms with Crippen LogP contribution < -0.4 is 0 Å². The first-order chi connectivity index (χ1) is 13.2. The minimum Gasteiger partial charge on any atom is -0.365 e. The lowest BCUT2D eigenvalue weighted by molar-refractivity contribution is 0.0709. The summed E-state index contributed by atoms with van der Waals surface area (Å²) < 4.78 is 2.30. The molecule has 2 aliphatic rings. The number of aryl methyl sites for hydroxylation is 1. The highest BCUT2D eigenvalue weighted by Gasteiger charge is 2.29. The fraction of sp³-hybridized carbons (Fsp3) is 0.650. The number of nitrogens with zero attached hydrogens (tertiary/aromatic N) is 5. The number of H-pyrrole nitrogens is 1. The number of carbonyl (C=O) groups excluding carboxylic acids is 1. The van der Waals surface area contributed by atoms with Gasteiger partial charge in [0.1, 0.15) is 11.6 Å². The Morgan fingerprint density at radius 1 is 1.19 bits per heavy atom. The van der Waals surface area contributed by atoms with Gasteiger partial charge in [0.15, 0.2) is 0 Å². The highest BCUT2D eigenvalue weighted by atomic mass is 16.2. The van der Waals surface area contributed by atoms with Crippen molar-refractivity contribution >= 4 is 5.91 Å². The lowest BCUT2D eigenvalue weighted by Gasteiger charge is -2.31. The van der Waals surface area contributed by atoms with E-state index < -0.39 is 0 Å².